The first-order chi connectivity index (χ1) is 11.2. The van der Waals surface area contributed by atoms with E-state index in [-0.39, 0.29) is 0 Å². The number of aromatic nitrogens is 3. The third-order valence-electron chi connectivity index (χ3n) is 3.09. The first kappa shape index (κ1) is 15.4. The lowest BCUT2D eigenvalue weighted by Crippen LogP contribution is -1.96. The Hall–Kier alpha value is -2.51. The fourth-order valence-electron chi connectivity index (χ4n) is 1.96. The van der Waals surface area contributed by atoms with Gasteiger partial charge in [0.15, 0.2) is 0 Å². The van der Waals surface area contributed by atoms with Crippen molar-refractivity contribution in [2.24, 2.45) is 5.10 Å². The predicted molar refractivity (Wildman–Crippen MR) is 95.0 cm³/mol. The number of ether oxygens (including phenoxy) is 1. The van der Waals surface area contributed by atoms with E-state index in [4.69, 9.17) is 29.2 Å². The zero-order valence-corrected chi connectivity index (χ0v) is 13.7. The molecule has 0 atom stereocenters. The van der Waals surface area contributed by atoms with Gasteiger partial charge in [0.1, 0.15) is 12.4 Å². The molecule has 0 aliphatic rings. The molecule has 0 unspecified atom stereocenters. The van der Waals surface area contributed by atoms with Crippen LogP contribution < -0.4 is 4.74 Å². The molecule has 0 saturated heterocycles. The standard InChI is InChI=1S/C16H14N4OS2/c22-15-18-19-16(23)20(15)17-10-13-7-4-8-14(9-13)21-11-12-5-2-1-3-6-12/h1-10H,11H2,(H,18,22)(H,19,23)/b17-10-. The highest BCUT2D eigenvalue weighted by Gasteiger charge is 1.98. The zero-order valence-electron chi connectivity index (χ0n) is 12.1. The van der Waals surface area contributed by atoms with Crippen LogP contribution in [0.1, 0.15) is 11.1 Å². The predicted octanol–water partition coefficient (Wildman–Crippen LogP) is 4.06. The smallest absolute Gasteiger partial charge is 0.215 e. The van der Waals surface area contributed by atoms with Crippen molar-refractivity contribution in [3.05, 3.63) is 75.3 Å². The van der Waals surface area contributed by atoms with Crippen LogP contribution in [-0.4, -0.2) is 21.1 Å². The fraction of sp³-hybridized carbons (Fsp3) is 0.0625. The van der Waals surface area contributed by atoms with Gasteiger partial charge in [-0.3, -0.25) is 10.2 Å². The second-order valence-electron chi connectivity index (χ2n) is 4.76. The Morgan fingerprint density at radius 1 is 1.00 bits per heavy atom. The molecule has 0 fully saturated rings. The van der Waals surface area contributed by atoms with Gasteiger partial charge in [-0.2, -0.15) is 9.78 Å². The van der Waals surface area contributed by atoms with Gasteiger partial charge in [-0.15, -0.1) is 0 Å². The summed E-state index contributed by atoms with van der Waals surface area (Å²) in [6.45, 7) is 0.523. The lowest BCUT2D eigenvalue weighted by Gasteiger charge is -2.06. The van der Waals surface area contributed by atoms with Gasteiger partial charge in [0.25, 0.3) is 0 Å². The molecule has 0 spiro atoms. The average Bonchev–Trinajstić information content (AvgIpc) is 2.91. The molecule has 0 bridgehead atoms. The largest absolute Gasteiger partial charge is 0.489 e. The van der Waals surface area contributed by atoms with Crippen molar-refractivity contribution in [2.75, 3.05) is 0 Å². The maximum Gasteiger partial charge on any atom is 0.215 e. The van der Waals surface area contributed by atoms with E-state index in [1.54, 1.807) is 6.21 Å². The van der Waals surface area contributed by atoms with E-state index in [1.165, 1.54) is 4.68 Å². The van der Waals surface area contributed by atoms with Crippen LogP contribution in [0, 0.1) is 9.54 Å². The SMILES string of the molecule is S=c1[nH][nH]c(=S)n1/N=C\c1cccc(OCc2ccccc2)c1. The number of benzene rings is 2. The van der Waals surface area contributed by atoms with Crippen molar-refractivity contribution in [1.29, 1.82) is 0 Å². The topological polar surface area (TPSA) is 58.1 Å². The summed E-state index contributed by atoms with van der Waals surface area (Å²) in [4.78, 5) is 0. The average molecular weight is 342 g/mol. The normalized spacial score (nSPS) is 11.0. The summed E-state index contributed by atoms with van der Waals surface area (Å²) in [5, 5.41) is 9.73. The van der Waals surface area contributed by atoms with Crippen LogP contribution in [0.5, 0.6) is 5.75 Å². The lowest BCUT2D eigenvalue weighted by atomic mass is 10.2. The summed E-state index contributed by atoms with van der Waals surface area (Å²) in [5.74, 6) is 0.778. The number of hydrogen-bond donors (Lipinski definition) is 2. The molecular weight excluding hydrogens is 328 g/mol. The Bertz CT molecular complexity index is 897. The minimum absolute atomic E-state index is 0.419. The van der Waals surface area contributed by atoms with Crippen molar-refractivity contribution in [1.82, 2.24) is 14.9 Å². The van der Waals surface area contributed by atoms with E-state index < -0.39 is 0 Å². The minimum atomic E-state index is 0.419. The van der Waals surface area contributed by atoms with Gasteiger partial charge in [-0.1, -0.05) is 42.5 Å². The molecule has 1 heterocycles. The molecule has 0 radical (unpaired) electrons. The van der Waals surface area contributed by atoms with Crippen LogP contribution in [0.15, 0.2) is 59.7 Å². The van der Waals surface area contributed by atoms with Crippen molar-refractivity contribution in [2.45, 2.75) is 6.61 Å². The van der Waals surface area contributed by atoms with Crippen molar-refractivity contribution in [3.8, 4) is 5.75 Å². The Balaban J connectivity index is 1.72. The molecule has 3 aromatic rings. The molecule has 23 heavy (non-hydrogen) atoms. The van der Waals surface area contributed by atoms with Gasteiger partial charge >= 0.3 is 0 Å². The summed E-state index contributed by atoms with van der Waals surface area (Å²) in [6.07, 6.45) is 1.68. The Morgan fingerprint density at radius 2 is 1.74 bits per heavy atom. The minimum Gasteiger partial charge on any atom is -0.489 e. The molecule has 7 heteroatoms. The Morgan fingerprint density at radius 3 is 2.48 bits per heavy atom. The molecule has 1 aromatic heterocycles. The lowest BCUT2D eigenvalue weighted by molar-refractivity contribution is 0.306. The summed E-state index contributed by atoms with van der Waals surface area (Å²) >= 11 is 10.2. The Labute approximate surface area is 143 Å². The Kier molecular flexibility index (Phi) is 4.80. The number of hydrogen-bond acceptors (Lipinski definition) is 4. The fourth-order valence-corrected chi connectivity index (χ4v) is 2.40. The number of nitrogens with zero attached hydrogens (tertiary/aromatic N) is 2. The second kappa shape index (κ2) is 7.17. The third-order valence-corrected chi connectivity index (χ3v) is 3.64. The summed E-state index contributed by atoms with van der Waals surface area (Å²) in [7, 11) is 0. The summed E-state index contributed by atoms with van der Waals surface area (Å²) in [5.41, 5.74) is 2.02. The summed E-state index contributed by atoms with van der Waals surface area (Å²) < 4.78 is 8.08. The highest BCUT2D eigenvalue weighted by atomic mass is 32.1. The number of nitrogens with one attached hydrogen (secondary N) is 2. The van der Waals surface area contributed by atoms with E-state index in [0.29, 0.717) is 16.1 Å². The van der Waals surface area contributed by atoms with Gasteiger partial charge < -0.3 is 4.74 Å². The molecule has 2 N–H and O–H groups in total. The van der Waals surface area contributed by atoms with Crippen LogP contribution in [0.4, 0.5) is 0 Å². The number of H-pyrrole nitrogens is 2. The first-order valence-electron chi connectivity index (χ1n) is 6.93. The van der Waals surface area contributed by atoms with Gasteiger partial charge in [0, 0.05) is 0 Å². The van der Waals surface area contributed by atoms with Gasteiger partial charge in [-0.05, 0) is 47.7 Å². The maximum absolute atomic E-state index is 5.80. The van der Waals surface area contributed by atoms with E-state index in [1.807, 2.05) is 54.6 Å². The quantitative estimate of drug-likeness (QED) is 0.543. The van der Waals surface area contributed by atoms with Crippen molar-refractivity contribution < 1.29 is 4.74 Å². The maximum atomic E-state index is 5.80. The molecule has 116 valence electrons. The monoisotopic (exact) mass is 342 g/mol. The molecular formula is C16H14N4OS2. The van der Waals surface area contributed by atoms with Crippen molar-refractivity contribution >= 4 is 30.7 Å². The van der Waals surface area contributed by atoms with Crippen LogP contribution in [0.2, 0.25) is 0 Å². The van der Waals surface area contributed by atoms with E-state index in [2.05, 4.69) is 15.3 Å². The molecule has 2 aromatic carbocycles. The number of rotatable bonds is 5. The van der Waals surface area contributed by atoms with Crippen molar-refractivity contribution in [3.63, 3.8) is 0 Å². The van der Waals surface area contributed by atoms with E-state index in [0.717, 1.165) is 16.9 Å². The van der Waals surface area contributed by atoms with Gasteiger partial charge in [-0.25, -0.2) is 0 Å². The van der Waals surface area contributed by atoms with E-state index >= 15 is 0 Å². The molecule has 0 aliphatic heterocycles. The zero-order chi connectivity index (χ0) is 16.1. The van der Waals surface area contributed by atoms with Gasteiger partial charge in [0.2, 0.25) is 9.54 Å². The van der Waals surface area contributed by atoms with E-state index in [9.17, 15) is 0 Å². The van der Waals surface area contributed by atoms with Crippen LogP contribution >= 0.6 is 24.4 Å². The molecule has 3 rings (SSSR count). The molecule has 0 aliphatic carbocycles. The molecule has 0 amide bonds. The van der Waals surface area contributed by atoms with Crippen LogP contribution in [0.25, 0.3) is 0 Å². The second-order valence-corrected chi connectivity index (χ2v) is 5.54. The molecule has 5 nitrogen and oxygen atoms in total. The highest BCUT2D eigenvalue weighted by Crippen LogP contribution is 2.14. The van der Waals surface area contributed by atoms with Gasteiger partial charge in [0.05, 0.1) is 6.21 Å². The van der Waals surface area contributed by atoms with Crippen LogP contribution in [0.3, 0.4) is 0 Å². The summed E-state index contributed by atoms with van der Waals surface area (Å²) in [6, 6.07) is 17.7. The van der Waals surface area contributed by atoms with Crippen LogP contribution in [-0.2, 0) is 6.61 Å². The molecule has 0 saturated carbocycles. The third kappa shape index (κ3) is 4.02. The highest BCUT2D eigenvalue weighted by molar-refractivity contribution is 7.72. The number of aromatic amines is 2. The first-order valence-corrected chi connectivity index (χ1v) is 7.75.